The SMILES string of the molecule is O=C(Nc1cccc(Cl)c1)c1nnc(C2CCCN2S(=O)(=O)Cc2ccccc2)s1. The monoisotopic (exact) mass is 462 g/mol. The molecule has 2 aromatic carbocycles. The van der Waals surface area contributed by atoms with Crippen LogP contribution >= 0.6 is 22.9 Å². The van der Waals surface area contributed by atoms with Crippen LogP contribution in [-0.4, -0.2) is 35.4 Å². The van der Waals surface area contributed by atoms with E-state index in [1.165, 1.54) is 4.31 Å². The fourth-order valence-corrected chi connectivity index (χ4v) is 6.32. The molecule has 1 aliphatic heterocycles. The number of rotatable bonds is 6. The largest absolute Gasteiger partial charge is 0.320 e. The van der Waals surface area contributed by atoms with Gasteiger partial charge in [-0.25, -0.2) is 8.42 Å². The minimum Gasteiger partial charge on any atom is -0.320 e. The Labute approximate surface area is 183 Å². The van der Waals surface area contributed by atoms with Crippen LogP contribution in [0.5, 0.6) is 0 Å². The van der Waals surface area contributed by atoms with Gasteiger partial charge in [-0.1, -0.05) is 59.3 Å². The summed E-state index contributed by atoms with van der Waals surface area (Å²) in [5.74, 6) is -0.469. The minimum absolute atomic E-state index is 0.0642. The van der Waals surface area contributed by atoms with Crippen LogP contribution in [0.15, 0.2) is 54.6 Å². The third-order valence-corrected chi connectivity index (χ3v) is 7.86. The first-order valence-electron chi connectivity index (χ1n) is 9.36. The highest BCUT2D eigenvalue weighted by molar-refractivity contribution is 7.88. The van der Waals surface area contributed by atoms with Crippen LogP contribution in [0.4, 0.5) is 5.69 Å². The summed E-state index contributed by atoms with van der Waals surface area (Å²) in [6.07, 6.45) is 1.39. The molecule has 1 aliphatic rings. The number of nitrogens with zero attached hydrogens (tertiary/aromatic N) is 3. The first kappa shape index (κ1) is 20.9. The normalized spacial score (nSPS) is 17.2. The van der Waals surface area contributed by atoms with Crippen molar-refractivity contribution in [2.45, 2.75) is 24.6 Å². The number of halogens is 1. The second-order valence-electron chi connectivity index (χ2n) is 6.92. The van der Waals surface area contributed by atoms with E-state index in [4.69, 9.17) is 11.6 Å². The molecule has 3 aromatic rings. The summed E-state index contributed by atoms with van der Waals surface area (Å²) in [6.45, 7) is 0.434. The van der Waals surface area contributed by atoms with Crippen molar-refractivity contribution in [3.63, 3.8) is 0 Å². The standard InChI is InChI=1S/C20H19ClN4O3S2/c21-15-8-4-9-16(12-15)22-18(26)20-24-23-19(29-20)17-10-5-11-25(17)30(27,28)13-14-6-2-1-3-7-14/h1-4,6-9,12,17H,5,10-11,13H2,(H,22,26). The molecule has 2 heterocycles. The topological polar surface area (TPSA) is 92.3 Å². The molecule has 0 saturated carbocycles. The van der Waals surface area contributed by atoms with Gasteiger partial charge in [-0.05, 0) is 36.6 Å². The molecule has 1 fully saturated rings. The van der Waals surface area contributed by atoms with Crippen LogP contribution in [0, 0.1) is 0 Å². The van der Waals surface area contributed by atoms with Crippen LogP contribution in [0.3, 0.4) is 0 Å². The molecular formula is C20H19ClN4O3S2. The van der Waals surface area contributed by atoms with Gasteiger partial charge in [0.25, 0.3) is 5.91 Å². The Kier molecular flexibility index (Phi) is 6.14. The summed E-state index contributed by atoms with van der Waals surface area (Å²) in [6, 6.07) is 15.5. The predicted molar refractivity (Wildman–Crippen MR) is 117 cm³/mol. The maximum atomic E-state index is 13.0. The van der Waals surface area contributed by atoms with E-state index in [0.29, 0.717) is 28.7 Å². The number of amides is 1. The minimum atomic E-state index is -3.52. The number of anilines is 1. The van der Waals surface area contributed by atoms with Gasteiger partial charge in [-0.3, -0.25) is 4.79 Å². The van der Waals surface area contributed by atoms with Crippen molar-refractivity contribution >= 4 is 44.6 Å². The quantitative estimate of drug-likeness (QED) is 0.595. The zero-order chi connectivity index (χ0) is 21.1. The smallest absolute Gasteiger partial charge is 0.286 e. The van der Waals surface area contributed by atoms with E-state index in [9.17, 15) is 13.2 Å². The number of hydrogen-bond acceptors (Lipinski definition) is 6. The highest BCUT2D eigenvalue weighted by atomic mass is 35.5. The Morgan fingerprint density at radius 3 is 2.73 bits per heavy atom. The zero-order valence-corrected chi connectivity index (χ0v) is 18.3. The molecule has 156 valence electrons. The number of carbonyl (C=O) groups excluding carboxylic acids is 1. The summed E-state index contributed by atoms with van der Waals surface area (Å²) in [4.78, 5) is 12.5. The highest BCUT2D eigenvalue weighted by Crippen LogP contribution is 2.36. The number of nitrogens with one attached hydrogen (secondary N) is 1. The van der Waals surface area contributed by atoms with Gasteiger partial charge >= 0.3 is 0 Å². The number of aromatic nitrogens is 2. The molecule has 30 heavy (non-hydrogen) atoms. The molecule has 1 N–H and O–H groups in total. The van der Waals surface area contributed by atoms with Gasteiger partial charge in [-0.15, -0.1) is 10.2 Å². The maximum absolute atomic E-state index is 13.0. The van der Waals surface area contributed by atoms with E-state index >= 15 is 0 Å². The Bertz CT molecular complexity index is 1150. The molecule has 4 rings (SSSR count). The van der Waals surface area contributed by atoms with E-state index in [0.717, 1.165) is 23.3 Å². The van der Waals surface area contributed by atoms with Crippen molar-refractivity contribution in [3.8, 4) is 0 Å². The van der Waals surface area contributed by atoms with E-state index < -0.39 is 22.0 Å². The van der Waals surface area contributed by atoms with Crippen LogP contribution in [0.1, 0.15) is 39.3 Å². The third-order valence-electron chi connectivity index (χ3n) is 4.76. The summed E-state index contributed by atoms with van der Waals surface area (Å²) < 4.78 is 27.5. The molecule has 1 aromatic heterocycles. The predicted octanol–water partition coefficient (Wildman–Crippen LogP) is 4.11. The lowest BCUT2D eigenvalue weighted by Crippen LogP contribution is -2.31. The van der Waals surface area contributed by atoms with Gasteiger partial charge in [-0.2, -0.15) is 4.31 Å². The molecule has 0 spiro atoms. The molecule has 10 heteroatoms. The maximum Gasteiger partial charge on any atom is 0.286 e. The van der Waals surface area contributed by atoms with Gasteiger partial charge in [0.05, 0.1) is 11.8 Å². The second-order valence-corrected chi connectivity index (χ2v) is 10.3. The third kappa shape index (κ3) is 4.70. The molecular weight excluding hydrogens is 444 g/mol. The summed E-state index contributed by atoms with van der Waals surface area (Å²) in [5, 5.41) is 12.1. The average molecular weight is 463 g/mol. The molecule has 0 bridgehead atoms. The fourth-order valence-electron chi connectivity index (χ4n) is 3.40. The van der Waals surface area contributed by atoms with Crippen LogP contribution in [-0.2, 0) is 15.8 Å². The van der Waals surface area contributed by atoms with Crippen molar-refractivity contribution in [3.05, 3.63) is 75.2 Å². The zero-order valence-electron chi connectivity index (χ0n) is 15.9. The number of benzene rings is 2. The highest BCUT2D eigenvalue weighted by Gasteiger charge is 2.37. The van der Waals surface area contributed by atoms with Crippen LogP contribution < -0.4 is 5.32 Å². The lowest BCUT2D eigenvalue weighted by atomic mass is 10.2. The van der Waals surface area contributed by atoms with Crippen molar-refractivity contribution in [2.75, 3.05) is 11.9 Å². The fraction of sp³-hybridized carbons (Fsp3) is 0.250. The van der Waals surface area contributed by atoms with Gasteiger partial charge in [0, 0.05) is 17.3 Å². The Balaban J connectivity index is 1.50. The van der Waals surface area contributed by atoms with Crippen molar-refractivity contribution in [2.24, 2.45) is 0 Å². The molecule has 1 atom stereocenters. The molecule has 7 nitrogen and oxygen atoms in total. The molecule has 0 aliphatic carbocycles. The first-order valence-corrected chi connectivity index (χ1v) is 12.2. The van der Waals surface area contributed by atoms with Gasteiger partial charge in [0.15, 0.2) is 0 Å². The van der Waals surface area contributed by atoms with Crippen molar-refractivity contribution < 1.29 is 13.2 Å². The van der Waals surface area contributed by atoms with E-state index in [1.807, 2.05) is 18.2 Å². The number of sulfonamides is 1. The lowest BCUT2D eigenvalue weighted by Gasteiger charge is -2.22. The molecule has 1 unspecified atom stereocenters. The number of hydrogen-bond donors (Lipinski definition) is 1. The summed E-state index contributed by atoms with van der Waals surface area (Å²) in [7, 11) is -3.52. The van der Waals surface area contributed by atoms with Gasteiger partial charge < -0.3 is 5.32 Å². The summed E-state index contributed by atoms with van der Waals surface area (Å²) in [5.41, 5.74) is 1.29. The Hall–Kier alpha value is -2.33. The van der Waals surface area contributed by atoms with Gasteiger partial charge in [0.2, 0.25) is 15.0 Å². The Morgan fingerprint density at radius 1 is 1.17 bits per heavy atom. The van der Waals surface area contributed by atoms with E-state index in [-0.39, 0.29) is 10.8 Å². The van der Waals surface area contributed by atoms with Crippen molar-refractivity contribution in [1.29, 1.82) is 0 Å². The second kappa shape index (κ2) is 8.81. The summed E-state index contributed by atoms with van der Waals surface area (Å²) >= 11 is 7.06. The lowest BCUT2D eigenvalue weighted by molar-refractivity contribution is 0.102. The number of carbonyl (C=O) groups is 1. The van der Waals surface area contributed by atoms with Gasteiger partial charge in [0.1, 0.15) is 5.01 Å². The van der Waals surface area contributed by atoms with Crippen LogP contribution in [0.2, 0.25) is 5.02 Å². The molecule has 1 amide bonds. The molecule has 0 radical (unpaired) electrons. The first-order chi connectivity index (χ1) is 14.4. The van der Waals surface area contributed by atoms with E-state index in [1.54, 1.807) is 36.4 Å². The average Bonchev–Trinajstić information content (AvgIpc) is 3.38. The van der Waals surface area contributed by atoms with E-state index in [2.05, 4.69) is 15.5 Å². The molecule has 1 saturated heterocycles. The Morgan fingerprint density at radius 2 is 1.97 bits per heavy atom. The van der Waals surface area contributed by atoms with Crippen LogP contribution in [0.25, 0.3) is 0 Å². The van der Waals surface area contributed by atoms with Crippen molar-refractivity contribution in [1.82, 2.24) is 14.5 Å².